The lowest BCUT2D eigenvalue weighted by Crippen LogP contribution is -2.21. The zero-order chi connectivity index (χ0) is 15.9. The SMILES string of the molecule is C.COC(=O)c1c(Cl)c(-c2c(C)cc(C)c(=O)n2C)nn1C. The summed E-state index contributed by atoms with van der Waals surface area (Å²) in [5.41, 5.74) is 2.49. The van der Waals surface area contributed by atoms with Crippen molar-refractivity contribution >= 4 is 17.6 Å². The first-order chi connectivity index (χ1) is 9.79. The lowest BCUT2D eigenvalue weighted by Gasteiger charge is -2.11. The van der Waals surface area contributed by atoms with E-state index < -0.39 is 5.97 Å². The van der Waals surface area contributed by atoms with Crippen molar-refractivity contribution in [1.29, 1.82) is 0 Å². The number of methoxy groups -OCH3 is 1. The molecule has 22 heavy (non-hydrogen) atoms. The topological polar surface area (TPSA) is 66.1 Å². The molecule has 7 heteroatoms. The fraction of sp³-hybridized carbons (Fsp3) is 0.400. The third kappa shape index (κ3) is 2.66. The molecule has 0 amide bonds. The molecule has 2 heterocycles. The highest BCUT2D eigenvalue weighted by Crippen LogP contribution is 2.31. The van der Waals surface area contributed by atoms with Crippen LogP contribution >= 0.6 is 11.6 Å². The van der Waals surface area contributed by atoms with Crippen molar-refractivity contribution in [3.05, 3.63) is 38.3 Å². The summed E-state index contributed by atoms with van der Waals surface area (Å²) in [6.45, 7) is 3.61. The lowest BCUT2D eigenvalue weighted by molar-refractivity contribution is 0.0588. The smallest absolute Gasteiger partial charge is 0.357 e. The van der Waals surface area contributed by atoms with Crippen molar-refractivity contribution in [2.24, 2.45) is 14.1 Å². The predicted octanol–water partition coefficient (Wildman–Crippen LogP) is 2.48. The molecule has 0 aliphatic rings. The maximum absolute atomic E-state index is 12.1. The predicted molar refractivity (Wildman–Crippen MR) is 86.4 cm³/mol. The van der Waals surface area contributed by atoms with E-state index in [0.29, 0.717) is 17.0 Å². The van der Waals surface area contributed by atoms with Crippen LogP contribution in [0, 0.1) is 13.8 Å². The van der Waals surface area contributed by atoms with E-state index in [9.17, 15) is 9.59 Å². The van der Waals surface area contributed by atoms with Gasteiger partial charge in [-0.2, -0.15) is 5.10 Å². The number of halogens is 1. The maximum atomic E-state index is 12.1. The molecular weight excluding hydrogens is 306 g/mol. The van der Waals surface area contributed by atoms with Crippen molar-refractivity contribution in [3.63, 3.8) is 0 Å². The summed E-state index contributed by atoms with van der Waals surface area (Å²) in [5.74, 6) is -0.573. The molecule has 2 aromatic heterocycles. The molecule has 0 spiro atoms. The third-order valence-electron chi connectivity index (χ3n) is 3.38. The van der Waals surface area contributed by atoms with E-state index in [1.165, 1.54) is 16.4 Å². The number of aromatic nitrogens is 3. The zero-order valence-electron chi connectivity index (χ0n) is 12.5. The Hall–Kier alpha value is -2.08. The number of aryl methyl sites for hydroxylation is 3. The Morgan fingerprint density at radius 3 is 2.41 bits per heavy atom. The van der Waals surface area contributed by atoms with E-state index in [4.69, 9.17) is 16.3 Å². The lowest BCUT2D eigenvalue weighted by atomic mass is 10.1. The largest absolute Gasteiger partial charge is 0.464 e. The maximum Gasteiger partial charge on any atom is 0.357 e. The molecular formula is C15H20ClN3O3. The van der Waals surface area contributed by atoms with Crippen molar-refractivity contribution in [3.8, 4) is 11.4 Å². The monoisotopic (exact) mass is 325 g/mol. The fourth-order valence-electron chi connectivity index (χ4n) is 2.40. The van der Waals surface area contributed by atoms with E-state index in [0.717, 1.165) is 5.56 Å². The van der Waals surface area contributed by atoms with Crippen LogP contribution in [0.4, 0.5) is 0 Å². The molecule has 0 unspecified atom stereocenters. The Balaban J connectivity index is 0.00000242. The van der Waals surface area contributed by atoms with Gasteiger partial charge in [0.1, 0.15) is 10.7 Å². The summed E-state index contributed by atoms with van der Waals surface area (Å²) in [5, 5.41) is 4.44. The summed E-state index contributed by atoms with van der Waals surface area (Å²) in [6, 6.07) is 1.78. The number of carbonyl (C=O) groups excluding carboxylic acids is 1. The van der Waals surface area contributed by atoms with Gasteiger partial charge in [-0.25, -0.2) is 4.79 Å². The van der Waals surface area contributed by atoms with Gasteiger partial charge >= 0.3 is 5.97 Å². The standard InChI is InChI=1S/C14H16ClN3O3.CH4/c1-7-6-8(2)13(19)17(3)11(7)10-9(15)12(14(20)21-5)18(4)16-10;/h6H,1-5H3;1H4. The molecule has 0 saturated heterocycles. The third-order valence-corrected chi connectivity index (χ3v) is 3.73. The Labute approximate surface area is 134 Å². The van der Waals surface area contributed by atoms with Crippen molar-refractivity contribution in [2.75, 3.05) is 7.11 Å². The summed E-state index contributed by atoms with van der Waals surface area (Å²) in [7, 11) is 4.53. The molecule has 6 nitrogen and oxygen atoms in total. The number of hydrogen-bond donors (Lipinski definition) is 0. The Bertz CT molecular complexity index is 790. The Morgan fingerprint density at radius 1 is 1.27 bits per heavy atom. The van der Waals surface area contributed by atoms with Gasteiger partial charge < -0.3 is 9.30 Å². The second kappa shape index (κ2) is 6.36. The molecule has 2 aromatic rings. The van der Waals surface area contributed by atoms with Crippen molar-refractivity contribution in [1.82, 2.24) is 14.3 Å². The minimum Gasteiger partial charge on any atom is -0.464 e. The second-order valence-corrected chi connectivity index (χ2v) is 5.23. The van der Waals surface area contributed by atoms with E-state index >= 15 is 0 Å². The van der Waals surface area contributed by atoms with Gasteiger partial charge in [-0.3, -0.25) is 9.48 Å². The second-order valence-electron chi connectivity index (χ2n) is 4.85. The van der Waals surface area contributed by atoms with Gasteiger partial charge in [0.2, 0.25) is 0 Å². The minimum absolute atomic E-state index is 0. The highest BCUT2D eigenvalue weighted by Gasteiger charge is 2.24. The van der Waals surface area contributed by atoms with Crippen LogP contribution in [0.3, 0.4) is 0 Å². The molecule has 0 bridgehead atoms. The molecule has 0 N–H and O–H groups in total. The average molecular weight is 326 g/mol. The summed E-state index contributed by atoms with van der Waals surface area (Å²) >= 11 is 6.27. The van der Waals surface area contributed by atoms with Gasteiger partial charge in [0.25, 0.3) is 5.56 Å². The summed E-state index contributed by atoms with van der Waals surface area (Å²) in [4.78, 5) is 23.9. The normalized spacial score (nSPS) is 10.3. The van der Waals surface area contributed by atoms with Gasteiger partial charge in [0, 0.05) is 19.7 Å². The van der Waals surface area contributed by atoms with Crippen LogP contribution in [0.15, 0.2) is 10.9 Å². The zero-order valence-corrected chi connectivity index (χ0v) is 13.3. The molecule has 0 aromatic carbocycles. The van der Waals surface area contributed by atoms with Crippen LogP contribution in [0.1, 0.15) is 29.0 Å². The number of ether oxygens (including phenoxy) is 1. The first-order valence-electron chi connectivity index (χ1n) is 6.28. The molecule has 2 rings (SSSR count). The highest BCUT2D eigenvalue weighted by molar-refractivity contribution is 6.35. The van der Waals surface area contributed by atoms with E-state index in [-0.39, 0.29) is 23.7 Å². The van der Waals surface area contributed by atoms with Gasteiger partial charge in [-0.15, -0.1) is 0 Å². The molecule has 120 valence electrons. The highest BCUT2D eigenvalue weighted by atomic mass is 35.5. The quantitative estimate of drug-likeness (QED) is 0.796. The molecule has 0 atom stereocenters. The van der Waals surface area contributed by atoms with Crippen molar-refractivity contribution in [2.45, 2.75) is 21.3 Å². The van der Waals surface area contributed by atoms with E-state index in [2.05, 4.69) is 5.10 Å². The number of esters is 1. The Kier molecular flexibility index (Phi) is 5.19. The number of nitrogens with zero attached hydrogens (tertiary/aromatic N) is 3. The van der Waals surface area contributed by atoms with Gasteiger partial charge in [-0.05, 0) is 25.5 Å². The molecule has 0 aliphatic carbocycles. The summed E-state index contributed by atoms with van der Waals surface area (Å²) < 4.78 is 7.54. The van der Waals surface area contributed by atoms with Crippen LogP contribution in [0.25, 0.3) is 11.4 Å². The number of pyridine rings is 1. The van der Waals surface area contributed by atoms with Gasteiger partial charge in [0.15, 0.2) is 5.69 Å². The molecule has 0 aliphatic heterocycles. The number of rotatable bonds is 2. The fourth-order valence-corrected chi connectivity index (χ4v) is 2.73. The first-order valence-corrected chi connectivity index (χ1v) is 6.65. The van der Waals surface area contributed by atoms with Gasteiger partial charge in [-0.1, -0.05) is 19.0 Å². The first kappa shape index (κ1) is 18.0. The van der Waals surface area contributed by atoms with Crippen LogP contribution in [-0.2, 0) is 18.8 Å². The number of hydrogen-bond acceptors (Lipinski definition) is 4. The van der Waals surface area contributed by atoms with Crippen LogP contribution < -0.4 is 5.56 Å². The van der Waals surface area contributed by atoms with Crippen LogP contribution in [0.2, 0.25) is 5.02 Å². The van der Waals surface area contributed by atoms with Crippen LogP contribution in [-0.4, -0.2) is 27.4 Å². The molecule has 0 radical (unpaired) electrons. The van der Waals surface area contributed by atoms with Crippen LogP contribution in [0.5, 0.6) is 0 Å². The van der Waals surface area contributed by atoms with Crippen molar-refractivity contribution < 1.29 is 9.53 Å². The molecule has 0 fully saturated rings. The van der Waals surface area contributed by atoms with E-state index in [1.807, 2.05) is 6.92 Å². The Morgan fingerprint density at radius 2 is 1.86 bits per heavy atom. The minimum atomic E-state index is -0.573. The number of carbonyl (C=O) groups is 1. The van der Waals surface area contributed by atoms with E-state index in [1.54, 1.807) is 27.1 Å². The van der Waals surface area contributed by atoms with Gasteiger partial charge in [0.05, 0.1) is 12.8 Å². The molecule has 0 saturated carbocycles. The summed E-state index contributed by atoms with van der Waals surface area (Å²) in [6.07, 6.45) is 0. The average Bonchev–Trinajstić information content (AvgIpc) is 2.71.